The van der Waals surface area contributed by atoms with Crippen LogP contribution in [0.2, 0.25) is 0 Å². The molecular formula is C13H19N3O2. The van der Waals surface area contributed by atoms with Crippen molar-refractivity contribution in [3.05, 3.63) is 24.0 Å². The molecule has 2 rings (SSSR count). The van der Waals surface area contributed by atoms with E-state index in [1.165, 1.54) is 0 Å². The highest BCUT2D eigenvalue weighted by Crippen LogP contribution is 2.09. The van der Waals surface area contributed by atoms with Crippen LogP contribution >= 0.6 is 0 Å². The van der Waals surface area contributed by atoms with E-state index in [1.54, 1.807) is 23.4 Å². The van der Waals surface area contributed by atoms with Gasteiger partial charge in [0.25, 0.3) is 5.91 Å². The Hall–Kier alpha value is -1.78. The zero-order valence-corrected chi connectivity index (χ0v) is 10.7. The fourth-order valence-corrected chi connectivity index (χ4v) is 2.17. The minimum absolute atomic E-state index is 0.0406. The number of H-pyrrole nitrogens is 1. The second-order valence-corrected chi connectivity index (χ2v) is 4.52. The maximum Gasteiger partial charge on any atom is 0.255 e. The average molecular weight is 249 g/mol. The Morgan fingerprint density at radius 3 is 2.44 bits per heavy atom. The molecule has 0 bridgehead atoms. The number of aromatic amines is 1. The molecule has 98 valence electrons. The van der Waals surface area contributed by atoms with Crippen molar-refractivity contribution < 1.29 is 9.59 Å². The van der Waals surface area contributed by atoms with E-state index in [-0.39, 0.29) is 11.8 Å². The quantitative estimate of drug-likeness (QED) is 0.872. The summed E-state index contributed by atoms with van der Waals surface area (Å²) in [6, 6.07) is 1.77. The van der Waals surface area contributed by atoms with Crippen LogP contribution in [0.5, 0.6) is 0 Å². The monoisotopic (exact) mass is 249 g/mol. The third-order valence-electron chi connectivity index (χ3n) is 3.23. The summed E-state index contributed by atoms with van der Waals surface area (Å²) in [4.78, 5) is 30.3. The largest absolute Gasteiger partial charge is 0.367 e. The molecule has 0 saturated carbocycles. The van der Waals surface area contributed by atoms with Crippen molar-refractivity contribution in [2.75, 3.05) is 26.2 Å². The molecule has 1 aromatic heterocycles. The van der Waals surface area contributed by atoms with Crippen molar-refractivity contribution in [2.24, 2.45) is 0 Å². The summed E-state index contributed by atoms with van der Waals surface area (Å²) in [6.45, 7) is 4.55. The SMILES string of the molecule is CCCC(=O)N1CCN(C(=O)c2cc[nH]c2)CC1. The van der Waals surface area contributed by atoms with Gasteiger partial charge < -0.3 is 14.8 Å². The van der Waals surface area contributed by atoms with Crippen LogP contribution in [0.4, 0.5) is 0 Å². The summed E-state index contributed by atoms with van der Waals surface area (Å²) in [5.41, 5.74) is 0.684. The van der Waals surface area contributed by atoms with Gasteiger partial charge in [0, 0.05) is 45.0 Å². The van der Waals surface area contributed by atoms with Gasteiger partial charge >= 0.3 is 0 Å². The van der Waals surface area contributed by atoms with E-state index in [0.717, 1.165) is 6.42 Å². The lowest BCUT2D eigenvalue weighted by Crippen LogP contribution is -2.50. The molecule has 1 aliphatic rings. The standard InChI is InChI=1S/C13H19N3O2/c1-2-3-12(17)15-6-8-16(9-7-15)13(18)11-4-5-14-10-11/h4-5,10,14H,2-3,6-9H2,1H3. The second-order valence-electron chi connectivity index (χ2n) is 4.52. The van der Waals surface area contributed by atoms with Crippen molar-refractivity contribution >= 4 is 11.8 Å². The Kier molecular flexibility index (Phi) is 4.02. The summed E-state index contributed by atoms with van der Waals surface area (Å²) >= 11 is 0. The molecule has 1 saturated heterocycles. The van der Waals surface area contributed by atoms with Crippen molar-refractivity contribution in [3.8, 4) is 0 Å². The molecule has 0 spiro atoms. The summed E-state index contributed by atoms with van der Waals surface area (Å²) in [6.07, 6.45) is 4.93. The van der Waals surface area contributed by atoms with Crippen molar-refractivity contribution in [1.82, 2.24) is 14.8 Å². The molecule has 0 aromatic carbocycles. The van der Waals surface area contributed by atoms with Gasteiger partial charge in [0.05, 0.1) is 5.56 Å². The highest BCUT2D eigenvalue weighted by molar-refractivity contribution is 5.94. The van der Waals surface area contributed by atoms with Crippen molar-refractivity contribution in [1.29, 1.82) is 0 Å². The first-order valence-electron chi connectivity index (χ1n) is 6.42. The van der Waals surface area contributed by atoms with Crippen LogP contribution in [-0.4, -0.2) is 52.8 Å². The van der Waals surface area contributed by atoms with Crippen LogP contribution in [-0.2, 0) is 4.79 Å². The fraction of sp³-hybridized carbons (Fsp3) is 0.538. The van der Waals surface area contributed by atoms with Crippen molar-refractivity contribution in [3.63, 3.8) is 0 Å². The fourth-order valence-electron chi connectivity index (χ4n) is 2.17. The first kappa shape index (κ1) is 12.7. The van der Waals surface area contributed by atoms with E-state index in [4.69, 9.17) is 0 Å². The predicted molar refractivity (Wildman–Crippen MR) is 68.2 cm³/mol. The van der Waals surface area contributed by atoms with Gasteiger partial charge in [0.1, 0.15) is 0 Å². The normalized spacial score (nSPS) is 15.8. The molecule has 0 unspecified atom stereocenters. The van der Waals surface area contributed by atoms with Gasteiger partial charge in [-0.2, -0.15) is 0 Å². The van der Waals surface area contributed by atoms with E-state index < -0.39 is 0 Å². The smallest absolute Gasteiger partial charge is 0.255 e. The van der Waals surface area contributed by atoms with E-state index in [0.29, 0.717) is 38.2 Å². The lowest BCUT2D eigenvalue weighted by atomic mass is 10.2. The predicted octanol–water partition coefficient (Wildman–Crippen LogP) is 1.10. The second kappa shape index (κ2) is 5.71. The first-order valence-corrected chi connectivity index (χ1v) is 6.42. The minimum Gasteiger partial charge on any atom is -0.367 e. The third-order valence-corrected chi connectivity index (χ3v) is 3.23. The maximum atomic E-state index is 12.1. The number of carbonyl (C=O) groups excluding carboxylic acids is 2. The number of nitrogens with zero attached hydrogens (tertiary/aromatic N) is 2. The Bertz CT molecular complexity index is 406. The first-order chi connectivity index (χ1) is 8.72. The van der Waals surface area contributed by atoms with Crippen LogP contribution < -0.4 is 0 Å². The Morgan fingerprint density at radius 2 is 1.89 bits per heavy atom. The molecule has 2 heterocycles. The maximum absolute atomic E-state index is 12.1. The lowest BCUT2D eigenvalue weighted by Gasteiger charge is -2.34. The molecule has 0 aliphatic carbocycles. The molecular weight excluding hydrogens is 230 g/mol. The van der Waals surface area contributed by atoms with Gasteiger partial charge in [0.15, 0.2) is 0 Å². The zero-order valence-electron chi connectivity index (χ0n) is 10.7. The van der Waals surface area contributed by atoms with Gasteiger partial charge in [0.2, 0.25) is 5.91 Å². The molecule has 2 amide bonds. The van der Waals surface area contributed by atoms with Crippen molar-refractivity contribution in [2.45, 2.75) is 19.8 Å². The molecule has 0 atom stereocenters. The average Bonchev–Trinajstić information content (AvgIpc) is 2.92. The molecule has 5 nitrogen and oxygen atoms in total. The number of hydrogen-bond donors (Lipinski definition) is 1. The molecule has 1 fully saturated rings. The number of nitrogens with one attached hydrogen (secondary N) is 1. The van der Waals surface area contributed by atoms with Gasteiger partial charge in [-0.3, -0.25) is 9.59 Å². The van der Waals surface area contributed by atoms with E-state index in [9.17, 15) is 9.59 Å². The number of hydrogen-bond acceptors (Lipinski definition) is 2. The number of rotatable bonds is 3. The topological polar surface area (TPSA) is 56.4 Å². The Labute approximate surface area is 107 Å². The zero-order chi connectivity index (χ0) is 13.0. The van der Waals surface area contributed by atoms with Gasteiger partial charge in [-0.1, -0.05) is 6.92 Å². The van der Waals surface area contributed by atoms with Crippen LogP contribution in [0.15, 0.2) is 18.5 Å². The molecule has 1 aromatic rings. The number of aromatic nitrogens is 1. The number of piperazine rings is 1. The highest BCUT2D eigenvalue weighted by atomic mass is 16.2. The van der Waals surface area contributed by atoms with E-state index in [2.05, 4.69) is 4.98 Å². The number of amides is 2. The highest BCUT2D eigenvalue weighted by Gasteiger charge is 2.24. The minimum atomic E-state index is 0.0406. The summed E-state index contributed by atoms with van der Waals surface area (Å²) in [5.74, 6) is 0.241. The molecule has 0 radical (unpaired) electrons. The molecule has 18 heavy (non-hydrogen) atoms. The van der Waals surface area contributed by atoms with E-state index >= 15 is 0 Å². The van der Waals surface area contributed by atoms with E-state index in [1.807, 2.05) is 11.8 Å². The summed E-state index contributed by atoms with van der Waals surface area (Å²) in [5, 5.41) is 0. The van der Waals surface area contributed by atoms with Gasteiger partial charge in [-0.25, -0.2) is 0 Å². The lowest BCUT2D eigenvalue weighted by molar-refractivity contribution is -0.132. The van der Waals surface area contributed by atoms with Crippen LogP contribution in [0.1, 0.15) is 30.1 Å². The van der Waals surface area contributed by atoms with Gasteiger partial charge in [-0.15, -0.1) is 0 Å². The van der Waals surface area contributed by atoms with Gasteiger partial charge in [-0.05, 0) is 12.5 Å². The van der Waals surface area contributed by atoms with Crippen LogP contribution in [0, 0.1) is 0 Å². The Morgan fingerprint density at radius 1 is 1.22 bits per heavy atom. The molecule has 5 heteroatoms. The summed E-state index contributed by atoms with van der Waals surface area (Å²) in [7, 11) is 0. The number of carbonyl (C=O) groups is 2. The van der Waals surface area contributed by atoms with Crippen LogP contribution in [0.3, 0.4) is 0 Å². The van der Waals surface area contributed by atoms with Crippen LogP contribution in [0.25, 0.3) is 0 Å². The molecule has 1 N–H and O–H groups in total. The third kappa shape index (κ3) is 2.72. The Balaban J connectivity index is 1.87. The summed E-state index contributed by atoms with van der Waals surface area (Å²) < 4.78 is 0. The molecule has 1 aliphatic heterocycles.